The molecular formula is C16H20N6O2. The van der Waals surface area contributed by atoms with Crippen LogP contribution < -0.4 is 10.6 Å². The van der Waals surface area contributed by atoms with Crippen LogP contribution in [0, 0.1) is 0 Å². The second kappa shape index (κ2) is 6.56. The summed E-state index contributed by atoms with van der Waals surface area (Å²) in [6.45, 7) is 1.33. The van der Waals surface area contributed by atoms with Gasteiger partial charge in [-0.1, -0.05) is 0 Å². The molecule has 4 rings (SSSR count). The largest absolute Gasteiger partial charge is 0.376 e. The van der Waals surface area contributed by atoms with Crippen molar-refractivity contribution in [1.82, 2.24) is 25.5 Å². The maximum Gasteiger partial charge on any atom is 0.319 e. The molecule has 2 amide bonds. The minimum absolute atomic E-state index is 0.138. The number of amides is 2. The minimum atomic E-state index is -0.221. The van der Waals surface area contributed by atoms with Crippen LogP contribution in [0.5, 0.6) is 0 Å². The molecule has 8 heteroatoms. The number of tetrazole rings is 1. The molecule has 24 heavy (non-hydrogen) atoms. The van der Waals surface area contributed by atoms with Crippen molar-refractivity contribution in [3.63, 3.8) is 0 Å². The number of benzene rings is 1. The SMILES string of the molecule is O=C(NCC1CCCO1)Nc1ccc(-c2nnnn2C2CC2)cc1. The van der Waals surface area contributed by atoms with Crippen LogP contribution in [0.3, 0.4) is 0 Å². The molecule has 8 nitrogen and oxygen atoms in total. The summed E-state index contributed by atoms with van der Waals surface area (Å²) in [5.74, 6) is 0.770. The predicted octanol–water partition coefficient (Wildman–Crippen LogP) is 1.98. The summed E-state index contributed by atoms with van der Waals surface area (Å²) in [4.78, 5) is 11.9. The van der Waals surface area contributed by atoms with Gasteiger partial charge >= 0.3 is 6.03 Å². The van der Waals surface area contributed by atoms with Gasteiger partial charge in [-0.2, -0.15) is 0 Å². The molecule has 1 saturated heterocycles. The fourth-order valence-electron chi connectivity index (χ4n) is 2.84. The van der Waals surface area contributed by atoms with Gasteiger partial charge in [0.1, 0.15) is 0 Å². The van der Waals surface area contributed by atoms with Crippen molar-refractivity contribution in [1.29, 1.82) is 0 Å². The smallest absolute Gasteiger partial charge is 0.319 e. The first-order valence-electron chi connectivity index (χ1n) is 8.34. The molecule has 1 atom stereocenters. The second-order valence-corrected chi connectivity index (χ2v) is 6.23. The Kier molecular flexibility index (Phi) is 4.12. The van der Waals surface area contributed by atoms with Gasteiger partial charge in [-0.3, -0.25) is 0 Å². The average molecular weight is 328 g/mol. The summed E-state index contributed by atoms with van der Waals surface area (Å²) in [7, 11) is 0. The number of nitrogens with zero attached hydrogens (tertiary/aromatic N) is 4. The molecule has 1 saturated carbocycles. The molecule has 1 unspecified atom stereocenters. The lowest BCUT2D eigenvalue weighted by Crippen LogP contribution is -2.34. The van der Waals surface area contributed by atoms with Crippen LogP contribution in [0.4, 0.5) is 10.5 Å². The molecule has 2 N–H and O–H groups in total. The highest BCUT2D eigenvalue weighted by atomic mass is 16.5. The number of aromatic nitrogens is 4. The van der Waals surface area contributed by atoms with Crippen molar-refractivity contribution in [2.24, 2.45) is 0 Å². The Labute approximate surface area is 139 Å². The van der Waals surface area contributed by atoms with Crippen molar-refractivity contribution >= 4 is 11.7 Å². The summed E-state index contributed by atoms with van der Waals surface area (Å²) in [6, 6.07) is 7.75. The molecule has 2 heterocycles. The van der Waals surface area contributed by atoms with Crippen molar-refractivity contribution in [3.05, 3.63) is 24.3 Å². The van der Waals surface area contributed by atoms with Gasteiger partial charge in [0.05, 0.1) is 12.1 Å². The number of urea groups is 1. The van der Waals surface area contributed by atoms with E-state index in [1.54, 1.807) is 0 Å². The fraction of sp³-hybridized carbons (Fsp3) is 0.500. The Morgan fingerprint density at radius 2 is 2.08 bits per heavy atom. The third-order valence-electron chi connectivity index (χ3n) is 4.30. The topological polar surface area (TPSA) is 94.0 Å². The van der Waals surface area contributed by atoms with E-state index in [9.17, 15) is 4.79 Å². The van der Waals surface area contributed by atoms with Gasteiger partial charge in [-0.05, 0) is 60.4 Å². The van der Waals surface area contributed by atoms with E-state index in [1.165, 1.54) is 0 Å². The summed E-state index contributed by atoms with van der Waals surface area (Å²) < 4.78 is 7.35. The molecule has 2 aliphatic rings. The normalized spacial score (nSPS) is 20.1. The lowest BCUT2D eigenvalue weighted by Gasteiger charge is -2.12. The zero-order chi connectivity index (χ0) is 16.4. The van der Waals surface area contributed by atoms with Gasteiger partial charge in [0, 0.05) is 24.4 Å². The highest BCUT2D eigenvalue weighted by Crippen LogP contribution is 2.36. The van der Waals surface area contributed by atoms with Crippen LogP contribution in [0.1, 0.15) is 31.7 Å². The quantitative estimate of drug-likeness (QED) is 0.875. The van der Waals surface area contributed by atoms with Gasteiger partial charge < -0.3 is 15.4 Å². The van der Waals surface area contributed by atoms with Crippen LogP contribution in [0.2, 0.25) is 0 Å². The second-order valence-electron chi connectivity index (χ2n) is 6.23. The molecule has 0 bridgehead atoms. The lowest BCUT2D eigenvalue weighted by molar-refractivity contribution is 0.112. The van der Waals surface area contributed by atoms with E-state index in [0.29, 0.717) is 12.6 Å². The van der Waals surface area contributed by atoms with Crippen LogP contribution in [0.25, 0.3) is 11.4 Å². The molecular weight excluding hydrogens is 308 g/mol. The van der Waals surface area contributed by atoms with E-state index < -0.39 is 0 Å². The highest BCUT2D eigenvalue weighted by Gasteiger charge is 2.28. The van der Waals surface area contributed by atoms with Gasteiger partial charge in [0.2, 0.25) is 0 Å². The molecule has 126 valence electrons. The Hall–Kier alpha value is -2.48. The maximum absolute atomic E-state index is 11.9. The van der Waals surface area contributed by atoms with E-state index >= 15 is 0 Å². The number of ether oxygens (including phenoxy) is 1. The number of nitrogens with one attached hydrogen (secondary N) is 2. The summed E-state index contributed by atoms with van der Waals surface area (Å²) in [5, 5.41) is 17.6. The van der Waals surface area contributed by atoms with E-state index in [2.05, 4.69) is 26.2 Å². The average Bonchev–Trinajstić information content (AvgIpc) is 3.11. The molecule has 1 aromatic heterocycles. The van der Waals surface area contributed by atoms with Crippen molar-refractivity contribution in [2.45, 2.75) is 37.8 Å². The summed E-state index contributed by atoms with van der Waals surface area (Å²) >= 11 is 0. The van der Waals surface area contributed by atoms with Crippen LogP contribution >= 0.6 is 0 Å². The molecule has 1 aromatic carbocycles. The predicted molar refractivity (Wildman–Crippen MR) is 87.5 cm³/mol. The first kappa shape index (κ1) is 15.1. The maximum atomic E-state index is 11.9. The summed E-state index contributed by atoms with van der Waals surface area (Å²) in [5.41, 5.74) is 1.67. The monoisotopic (exact) mass is 328 g/mol. The minimum Gasteiger partial charge on any atom is -0.376 e. The Morgan fingerprint density at radius 3 is 2.79 bits per heavy atom. The number of carbonyl (C=O) groups is 1. The van der Waals surface area contributed by atoms with E-state index in [1.807, 2.05) is 28.9 Å². The zero-order valence-corrected chi connectivity index (χ0v) is 13.3. The number of hydrogen-bond acceptors (Lipinski definition) is 5. The van der Waals surface area contributed by atoms with Gasteiger partial charge in [0.25, 0.3) is 0 Å². The molecule has 1 aliphatic heterocycles. The summed E-state index contributed by atoms with van der Waals surface area (Å²) in [6.07, 6.45) is 4.46. The van der Waals surface area contributed by atoms with Crippen molar-refractivity contribution < 1.29 is 9.53 Å². The fourth-order valence-corrected chi connectivity index (χ4v) is 2.84. The molecule has 0 radical (unpaired) electrons. The molecule has 0 spiro atoms. The van der Waals surface area contributed by atoms with Crippen LogP contribution in [-0.4, -0.2) is 45.5 Å². The van der Waals surface area contributed by atoms with Gasteiger partial charge in [-0.15, -0.1) is 5.10 Å². The van der Waals surface area contributed by atoms with E-state index in [4.69, 9.17) is 4.74 Å². The van der Waals surface area contributed by atoms with Gasteiger partial charge in [0.15, 0.2) is 5.82 Å². The number of carbonyl (C=O) groups excluding carboxylic acids is 1. The van der Waals surface area contributed by atoms with Crippen molar-refractivity contribution in [2.75, 3.05) is 18.5 Å². The number of anilines is 1. The number of rotatable bonds is 5. The molecule has 1 aliphatic carbocycles. The first-order chi connectivity index (χ1) is 11.8. The van der Waals surface area contributed by atoms with Crippen molar-refractivity contribution in [3.8, 4) is 11.4 Å². The van der Waals surface area contributed by atoms with Gasteiger partial charge in [-0.25, -0.2) is 9.48 Å². The Bertz CT molecular complexity index is 704. The standard InChI is InChI=1S/C16H20N6O2/c23-16(17-10-14-2-1-9-24-14)18-12-5-3-11(4-6-12)15-19-20-21-22(15)13-7-8-13/h3-6,13-14H,1-2,7-10H2,(H2,17,18,23). The highest BCUT2D eigenvalue weighted by molar-refractivity contribution is 5.89. The first-order valence-corrected chi connectivity index (χ1v) is 8.34. The third-order valence-corrected chi connectivity index (χ3v) is 4.30. The van der Waals surface area contributed by atoms with Crippen LogP contribution in [-0.2, 0) is 4.74 Å². The Morgan fingerprint density at radius 1 is 1.25 bits per heavy atom. The Balaban J connectivity index is 1.35. The van der Waals surface area contributed by atoms with E-state index in [-0.39, 0.29) is 12.1 Å². The molecule has 2 aromatic rings. The third kappa shape index (κ3) is 3.38. The van der Waals surface area contributed by atoms with E-state index in [0.717, 1.165) is 49.4 Å². The zero-order valence-electron chi connectivity index (χ0n) is 13.3. The van der Waals surface area contributed by atoms with Crippen LogP contribution in [0.15, 0.2) is 24.3 Å². The number of hydrogen-bond donors (Lipinski definition) is 2. The molecule has 2 fully saturated rings. The lowest BCUT2D eigenvalue weighted by atomic mass is 10.2.